The molecule has 1 aromatic rings. The van der Waals surface area contributed by atoms with Crippen LogP contribution in [0.5, 0.6) is 5.75 Å². The molecule has 0 radical (unpaired) electrons. The van der Waals surface area contributed by atoms with Crippen molar-refractivity contribution in [2.45, 2.75) is 26.2 Å². The van der Waals surface area contributed by atoms with Gasteiger partial charge in [0.05, 0.1) is 4.47 Å². The number of unbranched alkanes of at least 4 members (excludes halogenated alkanes) is 2. The number of rotatable bonds is 8. The van der Waals surface area contributed by atoms with E-state index in [0.717, 1.165) is 13.1 Å². The fourth-order valence-corrected chi connectivity index (χ4v) is 1.92. The lowest BCUT2D eigenvalue weighted by atomic mass is 10.2. The second-order valence-electron chi connectivity index (χ2n) is 3.88. The molecule has 2 nitrogen and oxygen atoms in total. The Morgan fingerprint density at radius 3 is 2.82 bits per heavy atom. The fourth-order valence-electron chi connectivity index (χ4n) is 1.45. The molecule has 0 aliphatic heterocycles. The molecule has 0 saturated heterocycles. The number of hydrogen-bond acceptors (Lipinski definition) is 2. The van der Waals surface area contributed by atoms with E-state index in [0.29, 0.717) is 16.8 Å². The minimum absolute atomic E-state index is 0.262. The van der Waals surface area contributed by atoms with E-state index in [1.165, 1.54) is 31.4 Å². The van der Waals surface area contributed by atoms with Gasteiger partial charge in [-0.1, -0.05) is 19.8 Å². The van der Waals surface area contributed by atoms with E-state index in [1.807, 2.05) is 0 Å². The molecule has 0 fully saturated rings. The van der Waals surface area contributed by atoms with E-state index in [-0.39, 0.29) is 5.82 Å². The first-order valence-electron chi connectivity index (χ1n) is 6.02. The van der Waals surface area contributed by atoms with Crippen molar-refractivity contribution >= 4 is 15.9 Å². The summed E-state index contributed by atoms with van der Waals surface area (Å²) in [4.78, 5) is 0. The Balaban J connectivity index is 2.14. The summed E-state index contributed by atoms with van der Waals surface area (Å²) in [6, 6.07) is 4.44. The van der Waals surface area contributed by atoms with E-state index >= 15 is 0 Å². The molecule has 0 amide bonds. The minimum atomic E-state index is -0.262. The van der Waals surface area contributed by atoms with E-state index in [1.54, 1.807) is 6.07 Å². The summed E-state index contributed by atoms with van der Waals surface area (Å²) < 4.78 is 19.0. The number of ether oxygens (including phenoxy) is 1. The first kappa shape index (κ1) is 14.5. The van der Waals surface area contributed by atoms with Gasteiger partial charge in [0.1, 0.15) is 18.2 Å². The molecule has 1 rings (SSSR count). The Morgan fingerprint density at radius 2 is 2.12 bits per heavy atom. The van der Waals surface area contributed by atoms with Gasteiger partial charge in [0.25, 0.3) is 0 Å². The van der Waals surface area contributed by atoms with Crippen molar-refractivity contribution in [3.8, 4) is 5.75 Å². The average molecular weight is 304 g/mol. The van der Waals surface area contributed by atoms with Crippen LogP contribution in [0.15, 0.2) is 22.7 Å². The van der Waals surface area contributed by atoms with Gasteiger partial charge < -0.3 is 10.1 Å². The molecule has 0 bridgehead atoms. The largest absolute Gasteiger partial charge is 0.491 e. The van der Waals surface area contributed by atoms with Crippen molar-refractivity contribution in [3.05, 3.63) is 28.5 Å². The average Bonchev–Trinajstić information content (AvgIpc) is 2.30. The van der Waals surface area contributed by atoms with E-state index in [9.17, 15) is 4.39 Å². The van der Waals surface area contributed by atoms with Crippen LogP contribution in [-0.2, 0) is 0 Å². The highest BCUT2D eigenvalue weighted by Crippen LogP contribution is 2.25. The van der Waals surface area contributed by atoms with Crippen LogP contribution in [-0.4, -0.2) is 19.7 Å². The third kappa shape index (κ3) is 6.03. The van der Waals surface area contributed by atoms with E-state index in [2.05, 4.69) is 28.2 Å². The molecule has 4 heteroatoms. The highest BCUT2D eigenvalue weighted by atomic mass is 79.9. The number of halogens is 2. The van der Waals surface area contributed by atoms with Crippen LogP contribution in [0.2, 0.25) is 0 Å². The molecular formula is C13H19BrFNO. The molecule has 1 aromatic carbocycles. The first-order valence-corrected chi connectivity index (χ1v) is 6.82. The van der Waals surface area contributed by atoms with Crippen molar-refractivity contribution in [2.75, 3.05) is 19.7 Å². The maximum atomic E-state index is 12.8. The van der Waals surface area contributed by atoms with Crippen molar-refractivity contribution in [1.82, 2.24) is 5.32 Å². The van der Waals surface area contributed by atoms with Crippen molar-refractivity contribution in [3.63, 3.8) is 0 Å². The van der Waals surface area contributed by atoms with E-state index < -0.39 is 0 Å². The first-order chi connectivity index (χ1) is 8.24. The second-order valence-corrected chi connectivity index (χ2v) is 4.73. The van der Waals surface area contributed by atoms with Gasteiger partial charge in [-0.25, -0.2) is 4.39 Å². The molecule has 0 aromatic heterocycles. The van der Waals surface area contributed by atoms with Crippen LogP contribution in [0, 0.1) is 5.82 Å². The summed E-state index contributed by atoms with van der Waals surface area (Å²) in [5.74, 6) is 0.420. The lowest BCUT2D eigenvalue weighted by molar-refractivity contribution is 0.311. The summed E-state index contributed by atoms with van der Waals surface area (Å²) >= 11 is 3.27. The summed E-state index contributed by atoms with van der Waals surface area (Å²) in [6.45, 7) is 4.63. The maximum Gasteiger partial charge on any atom is 0.133 e. The van der Waals surface area contributed by atoms with Crippen molar-refractivity contribution in [1.29, 1.82) is 0 Å². The van der Waals surface area contributed by atoms with Gasteiger partial charge in [-0.15, -0.1) is 0 Å². The zero-order chi connectivity index (χ0) is 12.5. The van der Waals surface area contributed by atoms with Crippen LogP contribution in [0.4, 0.5) is 4.39 Å². The minimum Gasteiger partial charge on any atom is -0.491 e. The molecule has 0 atom stereocenters. The van der Waals surface area contributed by atoms with Gasteiger partial charge in [0, 0.05) is 6.54 Å². The van der Waals surface area contributed by atoms with Crippen LogP contribution in [0.1, 0.15) is 26.2 Å². The van der Waals surface area contributed by atoms with Gasteiger partial charge in [0.2, 0.25) is 0 Å². The summed E-state index contributed by atoms with van der Waals surface area (Å²) in [6.07, 6.45) is 3.70. The number of benzene rings is 1. The van der Waals surface area contributed by atoms with Crippen LogP contribution in [0.25, 0.3) is 0 Å². The molecule has 0 heterocycles. The topological polar surface area (TPSA) is 21.3 Å². The predicted molar refractivity (Wildman–Crippen MR) is 72.0 cm³/mol. The molecular weight excluding hydrogens is 285 g/mol. The SMILES string of the molecule is CCCCCNCCOc1ccc(F)cc1Br. The lowest BCUT2D eigenvalue weighted by Crippen LogP contribution is -2.22. The zero-order valence-corrected chi connectivity index (χ0v) is 11.7. The van der Waals surface area contributed by atoms with Crippen LogP contribution in [0.3, 0.4) is 0 Å². The van der Waals surface area contributed by atoms with Gasteiger partial charge >= 0.3 is 0 Å². The second kappa shape index (κ2) is 8.48. The maximum absolute atomic E-state index is 12.8. The third-order valence-electron chi connectivity index (χ3n) is 2.39. The normalized spacial score (nSPS) is 10.5. The Morgan fingerprint density at radius 1 is 1.29 bits per heavy atom. The number of nitrogens with one attached hydrogen (secondary N) is 1. The monoisotopic (exact) mass is 303 g/mol. The smallest absolute Gasteiger partial charge is 0.133 e. The van der Waals surface area contributed by atoms with Crippen molar-refractivity contribution in [2.24, 2.45) is 0 Å². The summed E-state index contributed by atoms with van der Waals surface area (Å²) in [5, 5.41) is 3.31. The van der Waals surface area contributed by atoms with E-state index in [4.69, 9.17) is 4.74 Å². The highest BCUT2D eigenvalue weighted by Gasteiger charge is 2.01. The highest BCUT2D eigenvalue weighted by molar-refractivity contribution is 9.10. The van der Waals surface area contributed by atoms with Gasteiger partial charge in [-0.05, 0) is 47.1 Å². The standard InChI is InChI=1S/C13H19BrFNO/c1-2-3-4-7-16-8-9-17-13-6-5-11(15)10-12(13)14/h5-6,10,16H,2-4,7-9H2,1H3. The summed E-state index contributed by atoms with van der Waals surface area (Å²) in [7, 11) is 0. The Kier molecular flexibility index (Phi) is 7.21. The molecule has 1 N–H and O–H groups in total. The van der Waals surface area contributed by atoms with Crippen LogP contribution >= 0.6 is 15.9 Å². The lowest BCUT2D eigenvalue weighted by Gasteiger charge is -2.09. The summed E-state index contributed by atoms with van der Waals surface area (Å²) in [5.41, 5.74) is 0. The van der Waals surface area contributed by atoms with Crippen molar-refractivity contribution < 1.29 is 9.13 Å². The van der Waals surface area contributed by atoms with Gasteiger partial charge in [0.15, 0.2) is 0 Å². The molecule has 0 spiro atoms. The third-order valence-corrected chi connectivity index (χ3v) is 3.01. The van der Waals surface area contributed by atoms with Crippen LogP contribution < -0.4 is 10.1 Å². The molecule has 17 heavy (non-hydrogen) atoms. The quantitative estimate of drug-likeness (QED) is 0.739. The van der Waals surface area contributed by atoms with Gasteiger partial charge in [-0.3, -0.25) is 0 Å². The molecule has 0 aliphatic rings. The predicted octanol–water partition coefficient (Wildman–Crippen LogP) is 3.75. The Labute approximate surface area is 111 Å². The molecule has 96 valence electrons. The molecule has 0 saturated carbocycles. The molecule has 0 aliphatic carbocycles. The fraction of sp³-hybridized carbons (Fsp3) is 0.538. The molecule has 0 unspecified atom stereocenters. The number of hydrogen-bond donors (Lipinski definition) is 1. The Bertz CT molecular complexity index is 333. The Hall–Kier alpha value is -0.610. The zero-order valence-electron chi connectivity index (χ0n) is 10.1. The van der Waals surface area contributed by atoms with Gasteiger partial charge in [-0.2, -0.15) is 0 Å².